The SMILES string of the molecule is COC[C@H]1CN(c2ccc(OCCC3(C)OCCO3)cc2)C(=O)O1. The van der Waals surface area contributed by atoms with Crippen molar-refractivity contribution in [3.05, 3.63) is 24.3 Å². The molecular formula is C17H23NO6. The molecule has 0 radical (unpaired) electrons. The molecule has 0 saturated carbocycles. The number of carbonyl (C=O) groups excluding carboxylic acids is 1. The van der Waals surface area contributed by atoms with E-state index in [-0.39, 0.29) is 12.2 Å². The molecule has 2 aliphatic heterocycles. The Bertz CT molecular complexity index is 555. The van der Waals surface area contributed by atoms with E-state index < -0.39 is 5.79 Å². The maximum atomic E-state index is 11.9. The average molecular weight is 337 g/mol. The molecule has 2 aliphatic rings. The van der Waals surface area contributed by atoms with Crippen molar-refractivity contribution in [2.45, 2.75) is 25.2 Å². The van der Waals surface area contributed by atoms with Crippen molar-refractivity contribution in [2.24, 2.45) is 0 Å². The standard InChI is InChI=1S/C17H23NO6/c1-17(22-9-10-23-17)7-8-21-14-5-3-13(4-6-14)18-11-15(12-20-2)24-16(18)19/h3-6,15H,7-12H2,1-2H3/t15-/m1/s1. The molecule has 0 spiro atoms. The number of methoxy groups -OCH3 is 1. The van der Waals surface area contributed by atoms with Crippen molar-refractivity contribution in [1.29, 1.82) is 0 Å². The van der Waals surface area contributed by atoms with Crippen LogP contribution in [0, 0.1) is 0 Å². The normalized spacial score (nSPS) is 22.7. The van der Waals surface area contributed by atoms with Gasteiger partial charge in [-0.05, 0) is 31.2 Å². The summed E-state index contributed by atoms with van der Waals surface area (Å²) in [5, 5.41) is 0. The first-order chi connectivity index (χ1) is 11.6. The molecule has 1 amide bonds. The van der Waals surface area contributed by atoms with E-state index in [4.69, 9.17) is 23.7 Å². The van der Waals surface area contributed by atoms with E-state index in [1.54, 1.807) is 12.0 Å². The summed E-state index contributed by atoms with van der Waals surface area (Å²) in [5.41, 5.74) is 0.778. The second-order valence-corrected chi connectivity index (χ2v) is 5.99. The van der Waals surface area contributed by atoms with Gasteiger partial charge in [0.25, 0.3) is 0 Å². The van der Waals surface area contributed by atoms with Crippen LogP contribution in [0.15, 0.2) is 24.3 Å². The Morgan fingerprint density at radius 3 is 2.62 bits per heavy atom. The van der Waals surface area contributed by atoms with Crippen molar-refractivity contribution >= 4 is 11.8 Å². The number of hydrogen-bond donors (Lipinski definition) is 0. The van der Waals surface area contributed by atoms with E-state index >= 15 is 0 Å². The lowest BCUT2D eigenvalue weighted by Gasteiger charge is -2.22. The summed E-state index contributed by atoms with van der Waals surface area (Å²) in [7, 11) is 1.59. The summed E-state index contributed by atoms with van der Waals surface area (Å²) in [5.74, 6) is 0.191. The zero-order valence-corrected chi connectivity index (χ0v) is 14.0. The van der Waals surface area contributed by atoms with Crippen molar-refractivity contribution in [3.63, 3.8) is 0 Å². The molecule has 2 heterocycles. The Kier molecular flexibility index (Phi) is 5.23. The highest BCUT2D eigenvalue weighted by atomic mass is 16.7. The molecule has 2 fully saturated rings. The molecule has 3 rings (SSSR count). The molecular weight excluding hydrogens is 314 g/mol. The fraction of sp³-hybridized carbons (Fsp3) is 0.588. The van der Waals surface area contributed by atoms with Crippen LogP contribution in [0.5, 0.6) is 5.75 Å². The summed E-state index contributed by atoms with van der Waals surface area (Å²) in [6.07, 6.45) is 0.0751. The minimum Gasteiger partial charge on any atom is -0.493 e. The van der Waals surface area contributed by atoms with E-state index in [1.807, 2.05) is 31.2 Å². The molecule has 1 aromatic carbocycles. The molecule has 0 unspecified atom stereocenters. The van der Waals surface area contributed by atoms with Crippen molar-refractivity contribution in [1.82, 2.24) is 0 Å². The predicted octanol–water partition coefficient (Wildman–Crippen LogP) is 2.19. The van der Waals surface area contributed by atoms with Gasteiger partial charge in [0.05, 0.1) is 33.0 Å². The highest BCUT2D eigenvalue weighted by Crippen LogP contribution is 2.26. The first-order valence-corrected chi connectivity index (χ1v) is 8.07. The minimum atomic E-state index is -0.546. The number of rotatable bonds is 7. The van der Waals surface area contributed by atoms with Gasteiger partial charge in [0.2, 0.25) is 0 Å². The minimum absolute atomic E-state index is 0.231. The Labute approximate surface area is 141 Å². The number of benzene rings is 1. The lowest BCUT2D eigenvalue weighted by atomic mass is 10.2. The van der Waals surface area contributed by atoms with Crippen LogP contribution in [0.1, 0.15) is 13.3 Å². The zero-order valence-electron chi connectivity index (χ0n) is 14.0. The van der Waals surface area contributed by atoms with Gasteiger partial charge in [-0.2, -0.15) is 0 Å². The molecule has 1 atom stereocenters. The van der Waals surface area contributed by atoms with Crippen molar-refractivity contribution < 1.29 is 28.5 Å². The summed E-state index contributed by atoms with van der Waals surface area (Å²) < 4.78 is 27.1. The lowest BCUT2D eigenvalue weighted by molar-refractivity contribution is -0.150. The monoisotopic (exact) mass is 337 g/mol. The van der Waals surface area contributed by atoms with Gasteiger partial charge in [0.15, 0.2) is 5.79 Å². The third-order valence-corrected chi connectivity index (χ3v) is 4.10. The molecule has 0 bridgehead atoms. The quantitative estimate of drug-likeness (QED) is 0.760. The summed E-state index contributed by atoms with van der Waals surface area (Å²) in [6.45, 7) is 4.55. The third-order valence-electron chi connectivity index (χ3n) is 4.10. The number of ether oxygens (including phenoxy) is 5. The van der Waals surface area contributed by atoms with Crippen LogP contribution in [-0.4, -0.2) is 58.1 Å². The number of carbonyl (C=O) groups is 1. The molecule has 0 aromatic heterocycles. The molecule has 24 heavy (non-hydrogen) atoms. The van der Waals surface area contributed by atoms with Gasteiger partial charge >= 0.3 is 6.09 Å². The fourth-order valence-electron chi connectivity index (χ4n) is 2.78. The van der Waals surface area contributed by atoms with Crippen molar-refractivity contribution in [2.75, 3.05) is 45.0 Å². The van der Waals surface area contributed by atoms with Gasteiger partial charge in [0, 0.05) is 19.2 Å². The Hall–Kier alpha value is -1.83. The van der Waals surface area contributed by atoms with Gasteiger partial charge in [-0.15, -0.1) is 0 Å². The predicted molar refractivity (Wildman–Crippen MR) is 86.4 cm³/mol. The number of anilines is 1. The molecule has 132 valence electrons. The largest absolute Gasteiger partial charge is 0.493 e. The van der Waals surface area contributed by atoms with Gasteiger partial charge in [-0.25, -0.2) is 4.79 Å². The van der Waals surface area contributed by atoms with Gasteiger partial charge in [0.1, 0.15) is 11.9 Å². The maximum Gasteiger partial charge on any atom is 0.414 e. The van der Waals surface area contributed by atoms with Crippen LogP contribution in [0.4, 0.5) is 10.5 Å². The number of cyclic esters (lactones) is 1. The highest BCUT2D eigenvalue weighted by molar-refractivity contribution is 5.89. The van der Waals surface area contributed by atoms with E-state index in [0.717, 1.165) is 11.4 Å². The van der Waals surface area contributed by atoms with E-state index in [0.29, 0.717) is 39.4 Å². The van der Waals surface area contributed by atoms with Crippen LogP contribution in [0.2, 0.25) is 0 Å². The summed E-state index contributed by atoms with van der Waals surface area (Å²) in [4.78, 5) is 13.5. The Morgan fingerprint density at radius 2 is 1.96 bits per heavy atom. The first-order valence-electron chi connectivity index (χ1n) is 8.07. The molecule has 7 heteroatoms. The van der Waals surface area contributed by atoms with Gasteiger partial charge in [-0.3, -0.25) is 4.90 Å². The second kappa shape index (κ2) is 7.38. The first kappa shape index (κ1) is 17.0. The van der Waals surface area contributed by atoms with E-state index in [9.17, 15) is 4.79 Å². The van der Waals surface area contributed by atoms with Gasteiger partial charge in [-0.1, -0.05) is 0 Å². The van der Waals surface area contributed by atoms with Crippen LogP contribution in [0.25, 0.3) is 0 Å². The third kappa shape index (κ3) is 3.98. The van der Waals surface area contributed by atoms with Crippen LogP contribution < -0.4 is 9.64 Å². The summed E-state index contributed by atoms with van der Waals surface area (Å²) >= 11 is 0. The fourth-order valence-corrected chi connectivity index (χ4v) is 2.78. The molecule has 0 aliphatic carbocycles. The molecule has 7 nitrogen and oxygen atoms in total. The Morgan fingerprint density at radius 1 is 1.25 bits per heavy atom. The van der Waals surface area contributed by atoms with Crippen LogP contribution >= 0.6 is 0 Å². The van der Waals surface area contributed by atoms with Gasteiger partial charge < -0.3 is 23.7 Å². The second-order valence-electron chi connectivity index (χ2n) is 5.99. The number of hydrogen-bond acceptors (Lipinski definition) is 6. The van der Waals surface area contributed by atoms with Crippen LogP contribution in [0.3, 0.4) is 0 Å². The van der Waals surface area contributed by atoms with E-state index in [2.05, 4.69) is 0 Å². The van der Waals surface area contributed by atoms with Crippen LogP contribution in [-0.2, 0) is 18.9 Å². The highest BCUT2D eigenvalue weighted by Gasteiger charge is 2.32. The number of amides is 1. The smallest absolute Gasteiger partial charge is 0.414 e. The molecule has 1 aromatic rings. The summed E-state index contributed by atoms with van der Waals surface area (Å²) in [6, 6.07) is 7.36. The molecule has 0 N–H and O–H groups in total. The van der Waals surface area contributed by atoms with Crippen molar-refractivity contribution in [3.8, 4) is 5.75 Å². The average Bonchev–Trinajstić information content (AvgIpc) is 3.15. The maximum absolute atomic E-state index is 11.9. The lowest BCUT2D eigenvalue weighted by Crippen LogP contribution is -2.28. The topological polar surface area (TPSA) is 66.5 Å². The Balaban J connectivity index is 1.51. The zero-order chi connectivity index (χ0) is 17.0. The van der Waals surface area contributed by atoms with E-state index in [1.165, 1.54) is 0 Å². The number of nitrogens with zero attached hydrogens (tertiary/aromatic N) is 1. The molecule has 2 saturated heterocycles.